The standard InChI is InChI=1S/C20H26N2O3/c1-20(2,3)25-19(23)22-17(15-10-6-5-7-11-15)14-21-16-12-8-9-13-18(16)24-4/h5-13,17,21H,14H2,1-4H3,(H,22,23)/t17-/m0/s1. The summed E-state index contributed by atoms with van der Waals surface area (Å²) in [7, 11) is 1.63. The van der Waals surface area contributed by atoms with Crippen LogP contribution in [0.5, 0.6) is 5.75 Å². The summed E-state index contributed by atoms with van der Waals surface area (Å²) < 4.78 is 10.7. The molecule has 0 unspecified atom stereocenters. The number of ether oxygens (including phenoxy) is 2. The smallest absolute Gasteiger partial charge is 0.408 e. The first-order valence-electron chi connectivity index (χ1n) is 8.30. The van der Waals surface area contributed by atoms with Crippen LogP contribution in [-0.2, 0) is 4.74 Å². The molecule has 2 rings (SSSR count). The second kappa shape index (κ2) is 8.42. The Kier molecular flexibility index (Phi) is 6.28. The molecule has 0 bridgehead atoms. The molecule has 0 heterocycles. The molecule has 1 amide bonds. The van der Waals surface area contributed by atoms with Crippen LogP contribution < -0.4 is 15.4 Å². The maximum atomic E-state index is 12.2. The Morgan fingerprint density at radius 3 is 2.32 bits per heavy atom. The Hall–Kier alpha value is -2.69. The number of hydrogen-bond acceptors (Lipinski definition) is 4. The molecule has 2 aromatic carbocycles. The average molecular weight is 342 g/mol. The summed E-state index contributed by atoms with van der Waals surface area (Å²) in [6.45, 7) is 6.04. The molecule has 2 aromatic rings. The second-order valence-corrected chi connectivity index (χ2v) is 6.69. The van der Waals surface area contributed by atoms with Crippen LogP contribution in [0.15, 0.2) is 54.6 Å². The number of rotatable bonds is 6. The van der Waals surface area contributed by atoms with E-state index < -0.39 is 11.7 Å². The summed E-state index contributed by atoms with van der Waals surface area (Å²) in [5.41, 5.74) is 1.33. The molecule has 5 heteroatoms. The van der Waals surface area contributed by atoms with Crippen molar-refractivity contribution in [3.8, 4) is 5.75 Å². The largest absolute Gasteiger partial charge is 0.495 e. The zero-order chi connectivity index (χ0) is 18.3. The SMILES string of the molecule is COc1ccccc1NC[C@H](NC(=O)OC(C)(C)C)c1ccccc1. The molecule has 5 nitrogen and oxygen atoms in total. The van der Waals surface area contributed by atoms with E-state index in [2.05, 4.69) is 10.6 Å². The maximum Gasteiger partial charge on any atom is 0.408 e. The van der Waals surface area contributed by atoms with Crippen LogP contribution in [0.3, 0.4) is 0 Å². The molecule has 0 radical (unpaired) electrons. The van der Waals surface area contributed by atoms with Gasteiger partial charge in [-0.25, -0.2) is 4.79 Å². The van der Waals surface area contributed by atoms with E-state index in [-0.39, 0.29) is 6.04 Å². The summed E-state index contributed by atoms with van der Waals surface area (Å²) in [4.78, 5) is 12.2. The van der Waals surface area contributed by atoms with Crippen molar-refractivity contribution in [2.75, 3.05) is 19.0 Å². The molecular formula is C20H26N2O3. The van der Waals surface area contributed by atoms with Crippen molar-refractivity contribution >= 4 is 11.8 Å². The van der Waals surface area contributed by atoms with E-state index in [0.717, 1.165) is 17.0 Å². The quantitative estimate of drug-likeness (QED) is 0.818. The number of carbonyl (C=O) groups is 1. The lowest BCUT2D eigenvalue weighted by Crippen LogP contribution is -2.37. The van der Waals surface area contributed by atoms with E-state index >= 15 is 0 Å². The van der Waals surface area contributed by atoms with Gasteiger partial charge in [0.2, 0.25) is 0 Å². The van der Waals surface area contributed by atoms with E-state index in [1.807, 2.05) is 75.4 Å². The first kappa shape index (κ1) is 18.6. The van der Waals surface area contributed by atoms with Crippen LogP contribution >= 0.6 is 0 Å². The van der Waals surface area contributed by atoms with Gasteiger partial charge in [0.15, 0.2) is 0 Å². The molecule has 2 N–H and O–H groups in total. The van der Waals surface area contributed by atoms with Crippen LogP contribution in [0.4, 0.5) is 10.5 Å². The monoisotopic (exact) mass is 342 g/mol. The first-order chi connectivity index (χ1) is 11.9. The molecule has 0 fully saturated rings. The number of anilines is 1. The minimum atomic E-state index is -0.540. The Labute approximate surface area is 149 Å². The summed E-state index contributed by atoms with van der Waals surface area (Å²) in [6.07, 6.45) is -0.442. The van der Waals surface area contributed by atoms with Gasteiger partial charge >= 0.3 is 6.09 Å². The van der Waals surface area contributed by atoms with Crippen molar-refractivity contribution in [3.63, 3.8) is 0 Å². The summed E-state index contributed by atoms with van der Waals surface area (Å²) in [5, 5.41) is 6.27. The summed E-state index contributed by atoms with van der Waals surface area (Å²) >= 11 is 0. The van der Waals surface area contributed by atoms with Gasteiger partial charge in [0, 0.05) is 6.54 Å². The third-order valence-corrected chi connectivity index (χ3v) is 3.50. The van der Waals surface area contributed by atoms with E-state index in [4.69, 9.17) is 9.47 Å². The number of methoxy groups -OCH3 is 1. The maximum absolute atomic E-state index is 12.2. The lowest BCUT2D eigenvalue weighted by Gasteiger charge is -2.24. The molecule has 134 valence electrons. The summed E-state index contributed by atoms with van der Waals surface area (Å²) in [6, 6.07) is 17.2. The van der Waals surface area contributed by atoms with Crippen LogP contribution in [-0.4, -0.2) is 25.3 Å². The highest BCUT2D eigenvalue weighted by Gasteiger charge is 2.20. The molecule has 0 aliphatic heterocycles. The van der Waals surface area contributed by atoms with Gasteiger partial charge in [0.25, 0.3) is 0 Å². The minimum Gasteiger partial charge on any atom is -0.495 e. The van der Waals surface area contributed by atoms with Crippen molar-refractivity contribution in [1.82, 2.24) is 5.32 Å². The summed E-state index contributed by atoms with van der Waals surface area (Å²) in [5.74, 6) is 0.756. The van der Waals surface area contributed by atoms with Crippen LogP contribution in [0.25, 0.3) is 0 Å². The van der Waals surface area contributed by atoms with Gasteiger partial charge in [-0.3, -0.25) is 0 Å². The second-order valence-electron chi connectivity index (χ2n) is 6.69. The van der Waals surface area contributed by atoms with Crippen LogP contribution in [0.1, 0.15) is 32.4 Å². The van der Waals surface area contributed by atoms with Crippen molar-refractivity contribution in [2.24, 2.45) is 0 Å². The molecule has 0 aliphatic carbocycles. The lowest BCUT2D eigenvalue weighted by atomic mass is 10.1. The zero-order valence-electron chi connectivity index (χ0n) is 15.2. The highest BCUT2D eigenvalue weighted by Crippen LogP contribution is 2.24. The first-order valence-corrected chi connectivity index (χ1v) is 8.30. The van der Waals surface area contributed by atoms with E-state index in [0.29, 0.717) is 6.54 Å². The Bertz CT molecular complexity index is 681. The number of amides is 1. The molecule has 25 heavy (non-hydrogen) atoms. The third kappa shape index (κ3) is 6.03. The number of carbonyl (C=O) groups excluding carboxylic acids is 1. The van der Waals surface area contributed by atoms with Crippen LogP contribution in [0, 0.1) is 0 Å². The fraction of sp³-hybridized carbons (Fsp3) is 0.350. The molecular weight excluding hydrogens is 316 g/mol. The van der Waals surface area contributed by atoms with E-state index in [1.165, 1.54) is 0 Å². The van der Waals surface area contributed by atoms with Crippen LogP contribution in [0.2, 0.25) is 0 Å². The number of alkyl carbamates (subject to hydrolysis) is 1. The molecule has 0 saturated carbocycles. The van der Waals surface area contributed by atoms with Crippen molar-refractivity contribution in [2.45, 2.75) is 32.4 Å². The number of para-hydroxylation sites is 2. The number of benzene rings is 2. The van der Waals surface area contributed by atoms with Crippen molar-refractivity contribution < 1.29 is 14.3 Å². The Morgan fingerprint density at radius 2 is 1.68 bits per heavy atom. The van der Waals surface area contributed by atoms with E-state index in [9.17, 15) is 4.79 Å². The topological polar surface area (TPSA) is 59.6 Å². The molecule has 0 aliphatic rings. The fourth-order valence-corrected chi connectivity index (χ4v) is 2.39. The molecule has 0 aromatic heterocycles. The highest BCUT2D eigenvalue weighted by molar-refractivity contribution is 5.68. The van der Waals surface area contributed by atoms with Gasteiger partial charge in [-0.1, -0.05) is 42.5 Å². The van der Waals surface area contributed by atoms with Gasteiger partial charge in [-0.2, -0.15) is 0 Å². The highest BCUT2D eigenvalue weighted by atomic mass is 16.6. The minimum absolute atomic E-state index is 0.235. The fourth-order valence-electron chi connectivity index (χ4n) is 2.39. The number of nitrogens with one attached hydrogen (secondary N) is 2. The molecule has 0 saturated heterocycles. The predicted molar refractivity (Wildman–Crippen MR) is 100 cm³/mol. The zero-order valence-corrected chi connectivity index (χ0v) is 15.2. The predicted octanol–water partition coefficient (Wildman–Crippen LogP) is 4.37. The molecule has 0 spiro atoms. The van der Waals surface area contributed by atoms with Gasteiger partial charge < -0.3 is 20.1 Å². The van der Waals surface area contributed by atoms with E-state index in [1.54, 1.807) is 7.11 Å². The molecule has 1 atom stereocenters. The lowest BCUT2D eigenvalue weighted by molar-refractivity contribution is 0.0506. The van der Waals surface area contributed by atoms with Gasteiger partial charge in [-0.15, -0.1) is 0 Å². The van der Waals surface area contributed by atoms with Gasteiger partial charge in [0.05, 0.1) is 18.8 Å². The average Bonchev–Trinajstić information content (AvgIpc) is 2.58. The van der Waals surface area contributed by atoms with Crippen molar-refractivity contribution in [3.05, 3.63) is 60.2 Å². The van der Waals surface area contributed by atoms with Gasteiger partial charge in [-0.05, 0) is 38.5 Å². The van der Waals surface area contributed by atoms with Crippen molar-refractivity contribution in [1.29, 1.82) is 0 Å². The van der Waals surface area contributed by atoms with Gasteiger partial charge in [0.1, 0.15) is 11.4 Å². The number of hydrogen-bond donors (Lipinski definition) is 2. The Morgan fingerprint density at radius 1 is 1.04 bits per heavy atom. The third-order valence-electron chi connectivity index (χ3n) is 3.50. The normalized spacial score (nSPS) is 12.2. The Balaban J connectivity index is 2.11.